The Morgan fingerprint density at radius 2 is 1.65 bits per heavy atom. The minimum atomic E-state index is -0.203. The second kappa shape index (κ2) is 8.32. The maximum Gasteiger partial charge on any atom is 0.154 e. The van der Waals surface area contributed by atoms with E-state index in [1.807, 2.05) is 36.5 Å². The highest BCUT2D eigenvalue weighted by atomic mass is 16.5. The van der Waals surface area contributed by atoms with Gasteiger partial charge in [0.15, 0.2) is 5.82 Å². The first-order valence-corrected chi connectivity index (χ1v) is 12.6. The van der Waals surface area contributed by atoms with E-state index in [4.69, 9.17) is 15.5 Å². The highest BCUT2D eigenvalue weighted by Gasteiger charge is 2.34. The summed E-state index contributed by atoms with van der Waals surface area (Å²) >= 11 is 0. The molecule has 0 spiro atoms. The average molecular weight is 486 g/mol. The van der Waals surface area contributed by atoms with Gasteiger partial charge in [0.05, 0.1) is 29.9 Å². The van der Waals surface area contributed by atoms with Gasteiger partial charge in [-0.3, -0.25) is 4.57 Å². The molecule has 5 aromatic rings. The second-order valence-electron chi connectivity index (χ2n) is 9.83. The molecule has 0 amide bonds. The standard InChI is InChI=1S/C31H27N5O/c1-37-23-15-11-20(12-16-23)27-28(21-9-13-22(14-10-21)31(32)17-5-18-31)36-26-8-4-19-33-29(26)34-25-7-3-2-6-24(25)30(36)35-27/h2-4,6-16,19H,5,17-18,32H2,1H3,(H,33,34). The highest BCUT2D eigenvalue weighted by molar-refractivity contribution is 5.90. The van der Waals surface area contributed by atoms with Crippen LogP contribution in [0.3, 0.4) is 0 Å². The molecule has 1 aliphatic heterocycles. The van der Waals surface area contributed by atoms with Crippen LogP contribution < -0.4 is 15.8 Å². The van der Waals surface area contributed by atoms with Gasteiger partial charge in [-0.1, -0.05) is 36.4 Å². The summed E-state index contributed by atoms with van der Waals surface area (Å²) in [6, 6.07) is 29.1. The maximum absolute atomic E-state index is 6.64. The Balaban J connectivity index is 1.51. The lowest BCUT2D eigenvalue weighted by molar-refractivity contribution is 0.253. The molecule has 2 aliphatic rings. The topological polar surface area (TPSA) is 78.0 Å². The third-order valence-corrected chi connectivity index (χ3v) is 7.67. The average Bonchev–Trinajstić information content (AvgIpc) is 3.26. The first-order valence-electron chi connectivity index (χ1n) is 12.6. The number of nitrogens with one attached hydrogen (secondary N) is 1. The summed E-state index contributed by atoms with van der Waals surface area (Å²) in [5.41, 5.74) is 14.6. The van der Waals surface area contributed by atoms with Gasteiger partial charge in [0, 0.05) is 28.4 Å². The van der Waals surface area contributed by atoms with Gasteiger partial charge in [-0.05, 0) is 73.4 Å². The summed E-state index contributed by atoms with van der Waals surface area (Å²) in [4.78, 5) is 9.97. The molecule has 0 radical (unpaired) electrons. The number of fused-ring (bicyclic) bond motifs is 5. The molecule has 1 fully saturated rings. The summed E-state index contributed by atoms with van der Waals surface area (Å²) in [5.74, 6) is 2.47. The van der Waals surface area contributed by atoms with Crippen molar-refractivity contribution in [1.82, 2.24) is 14.5 Å². The lowest BCUT2D eigenvalue weighted by Crippen LogP contribution is -2.43. The Morgan fingerprint density at radius 3 is 2.38 bits per heavy atom. The number of rotatable bonds is 4. The molecule has 0 bridgehead atoms. The lowest BCUT2D eigenvalue weighted by Gasteiger charge is -2.38. The Labute approximate surface area is 215 Å². The Kier molecular flexibility index (Phi) is 4.91. The smallest absolute Gasteiger partial charge is 0.154 e. The largest absolute Gasteiger partial charge is 0.497 e. The van der Waals surface area contributed by atoms with Crippen molar-refractivity contribution in [3.8, 4) is 45.3 Å². The van der Waals surface area contributed by atoms with Crippen LogP contribution in [0.1, 0.15) is 24.8 Å². The molecule has 1 saturated carbocycles. The molecule has 2 aromatic heterocycles. The summed E-state index contributed by atoms with van der Waals surface area (Å²) in [7, 11) is 1.68. The molecule has 3 heterocycles. The van der Waals surface area contributed by atoms with Crippen molar-refractivity contribution in [1.29, 1.82) is 0 Å². The second-order valence-corrected chi connectivity index (χ2v) is 9.83. The number of pyridine rings is 1. The van der Waals surface area contributed by atoms with E-state index >= 15 is 0 Å². The molecule has 0 unspecified atom stereocenters. The zero-order valence-corrected chi connectivity index (χ0v) is 20.6. The monoisotopic (exact) mass is 485 g/mol. The summed E-state index contributed by atoms with van der Waals surface area (Å²) in [6.07, 6.45) is 5.07. The number of ether oxygens (including phenoxy) is 1. The fourth-order valence-electron chi connectivity index (χ4n) is 5.45. The number of nitrogens with zero attached hydrogens (tertiary/aromatic N) is 3. The number of para-hydroxylation sites is 1. The van der Waals surface area contributed by atoms with Crippen LogP contribution in [-0.2, 0) is 5.54 Å². The van der Waals surface area contributed by atoms with E-state index in [1.165, 1.54) is 12.0 Å². The van der Waals surface area contributed by atoms with Crippen LogP contribution in [0.15, 0.2) is 91.1 Å². The summed E-state index contributed by atoms with van der Waals surface area (Å²) < 4.78 is 7.65. The number of aromatic nitrogens is 3. The molecule has 6 nitrogen and oxygen atoms in total. The van der Waals surface area contributed by atoms with Crippen molar-refractivity contribution in [2.75, 3.05) is 12.4 Å². The van der Waals surface area contributed by atoms with Crippen LogP contribution in [0.5, 0.6) is 5.75 Å². The predicted octanol–water partition coefficient (Wildman–Crippen LogP) is 6.67. The fraction of sp³-hybridized carbons (Fsp3) is 0.161. The van der Waals surface area contributed by atoms with Gasteiger partial charge in [-0.25, -0.2) is 9.97 Å². The third kappa shape index (κ3) is 3.44. The van der Waals surface area contributed by atoms with Crippen molar-refractivity contribution < 1.29 is 4.74 Å². The van der Waals surface area contributed by atoms with Crippen LogP contribution in [0.4, 0.5) is 11.5 Å². The van der Waals surface area contributed by atoms with Gasteiger partial charge in [-0.15, -0.1) is 0 Å². The molecule has 6 heteroatoms. The van der Waals surface area contributed by atoms with Crippen LogP contribution in [0.2, 0.25) is 0 Å². The number of hydrogen-bond acceptors (Lipinski definition) is 5. The molecule has 37 heavy (non-hydrogen) atoms. The molecule has 7 rings (SSSR count). The van der Waals surface area contributed by atoms with Crippen LogP contribution in [0, 0.1) is 0 Å². The minimum Gasteiger partial charge on any atom is -0.497 e. The molecule has 3 aromatic carbocycles. The normalized spacial score (nSPS) is 14.9. The lowest BCUT2D eigenvalue weighted by atomic mass is 9.72. The highest BCUT2D eigenvalue weighted by Crippen LogP contribution is 2.45. The van der Waals surface area contributed by atoms with Gasteiger partial charge in [0.1, 0.15) is 11.6 Å². The number of methoxy groups -OCH3 is 1. The van der Waals surface area contributed by atoms with Gasteiger partial charge < -0.3 is 15.8 Å². The Bertz CT molecular complexity index is 1620. The first-order chi connectivity index (χ1) is 18.1. The third-order valence-electron chi connectivity index (χ3n) is 7.67. The van der Waals surface area contributed by atoms with E-state index in [1.54, 1.807) is 7.11 Å². The number of benzene rings is 3. The predicted molar refractivity (Wildman–Crippen MR) is 147 cm³/mol. The molecule has 0 saturated heterocycles. The van der Waals surface area contributed by atoms with Crippen LogP contribution in [-0.4, -0.2) is 21.6 Å². The number of hydrogen-bond donors (Lipinski definition) is 2. The molecule has 0 atom stereocenters. The van der Waals surface area contributed by atoms with Gasteiger partial charge in [0.2, 0.25) is 0 Å². The van der Waals surface area contributed by atoms with E-state index in [9.17, 15) is 0 Å². The van der Waals surface area contributed by atoms with Crippen molar-refractivity contribution >= 4 is 11.5 Å². The molecule has 1 aliphatic carbocycles. The van der Waals surface area contributed by atoms with Gasteiger partial charge in [0.25, 0.3) is 0 Å². The Morgan fingerprint density at radius 1 is 0.892 bits per heavy atom. The van der Waals surface area contributed by atoms with Crippen molar-refractivity contribution in [3.63, 3.8) is 0 Å². The van der Waals surface area contributed by atoms with Crippen LogP contribution in [0.25, 0.3) is 39.6 Å². The zero-order valence-electron chi connectivity index (χ0n) is 20.6. The van der Waals surface area contributed by atoms with Crippen molar-refractivity contribution in [2.45, 2.75) is 24.8 Å². The SMILES string of the molecule is COc1ccc(-c2nc3n(c2-c2ccc(C4(N)CCC4)cc2)-c2cccnc2Nc2ccccc2-3)cc1. The van der Waals surface area contributed by atoms with Crippen LogP contribution >= 0.6 is 0 Å². The zero-order chi connectivity index (χ0) is 25.0. The molecule has 3 N–H and O–H groups in total. The quantitative estimate of drug-likeness (QED) is 0.291. The Hall–Kier alpha value is -4.42. The molecular weight excluding hydrogens is 458 g/mol. The van der Waals surface area contributed by atoms with E-state index in [2.05, 4.69) is 69.5 Å². The van der Waals surface area contributed by atoms with Gasteiger partial charge >= 0.3 is 0 Å². The number of anilines is 2. The molecule has 182 valence electrons. The minimum absolute atomic E-state index is 0.203. The number of nitrogens with two attached hydrogens (primary N) is 1. The van der Waals surface area contributed by atoms with E-state index in [0.717, 1.165) is 69.7 Å². The molecular formula is C31H27N5O. The summed E-state index contributed by atoms with van der Waals surface area (Å²) in [5, 5.41) is 3.53. The van der Waals surface area contributed by atoms with Crippen molar-refractivity contribution in [3.05, 3.63) is 96.7 Å². The van der Waals surface area contributed by atoms with Crippen molar-refractivity contribution in [2.24, 2.45) is 5.73 Å². The number of imidazole rings is 1. The van der Waals surface area contributed by atoms with Gasteiger partial charge in [-0.2, -0.15) is 0 Å². The van der Waals surface area contributed by atoms with E-state index in [0.29, 0.717) is 0 Å². The van der Waals surface area contributed by atoms with E-state index in [-0.39, 0.29) is 5.54 Å². The van der Waals surface area contributed by atoms with E-state index < -0.39 is 0 Å². The first kappa shape index (κ1) is 21.8. The summed E-state index contributed by atoms with van der Waals surface area (Å²) in [6.45, 7) is 0. The maximum atomic E-state index is 6.64. The fourth-order valence-corrected chi connectivity index (χ4v) is 5.45.